The number of hydrogen-bond acceptors (Lipinski definition) is 5. The Labute approximate surface area is 161 Å². The predicted molar refractivity (Wildman–Crippen MR) is 102 cm³/mol. The lowest BCUT2D eigenvalue weighted by molar-refractivity contribution is -0.120. The van der Waals surface area contributed by atoms with E-state index in [9.17, 15) is 14.4 Å². The van der Waals surface area contributed by atoms with Crippen LogP contribution in [0.25, 0.3) is 0 Å². The second kappa shape index (κ2) is 9.05. The lowest BCUT2D eigenvalue weighted by atomic mass is 10.2. The largest absolute Gasteiger partial charge is 0.495 e. The van der Waals surface area contributed by atoms with Gasteiger partial charge in [0.05, 0.1) is 24.8 Å². The number of carbonyl (C=O) groups is 3. The average Bonchev–Trinajstić information content (AvgIpc) is 2.65. The van der Waals surface area contributed by atoms with Crippen molar-refractivity contribution in [1.82, 2.24) is 0 Å². The Balaban J connectivity index is 2.11. The number of amides is 2. The molecule has 2 amide bonds. The van der Waals surface area contributed by atoms with Crippen molar-refractivity contribution in [3.63, 3.8) is 0 Å². The third kappa shape index (κ3) is 5.21. The van der Waals surface area contributed by atoms with E-state index in [2.05, 4.69) is 10.1 Å². The number of esters is 1. The standard InChI is InChI=1S/C19H19ClN2O5/c1-12(23)22(15-7-4-13(5-8-15)19(25)27-3)11-18(24)21-14-6-9-17(26-2)16(20)10-14/h4-10H,11H2,1-3H3,(H,21,24). The van der Waals surface area contributed by atoms with Crippen LogP contribution in [0.15, 0.2) is 42.5 Å². The van der Waals surface area contributed by atoms with Crippen LogP contribution in [0.5, 0.6) is 5.75 Å². The third-order valence-electron chi connectivity index (χ3n) is 3.72. The van der Waals surface area contributed by atoms with Crippen molar-refractivity contribution in [1.29, 1.82) is 0 Å². The Morgan fingerprint density at radius 1 is 1.07 bits per heavy atom. The van der Waals surface area contributed by atoms with E-state index in [4.69, 9.17) is 16.3 Å². The van der Waals surface area contributed by atoms with Crippen molar-refractivity contribution in [2.24, 2.45) is 0 Å². The van der Waals surface area contributed by atoms with Crippen LogP contribution >= 0.6 is 11.6 Å². The smallest absolute Gasteiger partial charge is 0.337 e. The zero-order chi connectivity index (χ0) is 20.0. The number of nitrogens with zero attached hydrogens (tertiary/aromatic N) is 1. The van der Waals surface area contributed by atoms with Gasteiger partial charge in [0.2, 0.25) is 11.8 Å². The van der Waals surface area contributed by atoms with Crippen LogP contribution < -0.4 is 15.0 Å². The molecule has 8 heteroatoms. The molecule has 2 rings (SSSR count). The quantitative estimate of drug-likeness (QED) is 0.766. The van der Waals surface area contributed by atoms with Gasteiger partial charge in [0.25, 0.3) is 0 Å². The first-order valence-corrected chi connectivity index (χ1v) is 8.33. The molecule has 0 unspecified atom stereocenters. The maximum absolute atomic E-state index is 12.3. The van der Waals surface area contributed by atoms with Crippen molar-refractivity contribution in [2.75, 3.05) is 31.0 Å². The Hall–Kier alpha value is -3.06. The van der Waals surface area contributed by atoms with Crippen LogP contribution in [0.2, 0.25) is 5.02 Å². The second-order valence-electron chi connectivity index (χ2n) is 5.54. The van der Waals surface area contributed by atoms with Crippen LogP contribution in [0.1, 0.15) is 17.3 Å². The summed E-state index contributed by atoms with van der Waals surface area (Å²) in [4.78, 5) is 37.1. The molecule has 2 aromatic carbocycles. The first-order chi connectivity index (χ1) is 12.8. The van der Waals surface area contributed by atoms with Crippen molar-refractivity contribution < 1.29 is 23.9 Å². The highest BCUT2D eigenvalue weighted by Gasteiger charge is 2.17. The van der Waals surface area contributed by atoms with Crippen LogP contribution in [-0.2, 0) is 14.3 Å². The number of hydrogen-bond donors (Lipinski definition) is 1. The molecule has 0 fully saturated rings. The summed E-state index contributed by atoms with van der Waals surface area (Å²) >= 11 is 6.04. The number of methoxy groups -OCH3 is 2. The van der Waals surface area contributed by atoms with Gasteiger partial charge in [-0.2, -0.15) is 0 Å². The minimum atomic E-state index is -0.481. The number of anilines is 2. The molecule has 7 nitrogen and oxygen atoms in total. The van der Waals surface area contributed by atoms with Crippen LogP contribution in [0.4, 0.5) is 11.4 Å². The highest BCUT2D eigenvalue weighted by molar-refractivity contribution is 6.32. The molecular formula is C19H19ClN2O5. The molecule has 0 bridgehead atoms. The van der Waals surface area contributed by atoms with E-state index in [-0.39, 0.29) is 12.5 Å². The van der Waals surface area contributed by atoms with Gasteiger partial charge in [-0.05, 0) is 42.5 Å². The summed E-state index contributed by atoms with van der Waals surface area (Å²) in [6, 6.07) is 11.0. The summed E-state index contributed by atoms with van der Waals surface area (Å²) < 4.78 is 9.70. The first kappa shape index (κ1) is 20.3. The van der Waals surface area contributed by atoms with Gasteiger partial charge in [-0.3, -0.25) is 9.59 Å². The third-order valence-corrected chi connectivity index (χ3v) is 4.01. The van der Waals surface area contributed by atoms with Crippen molar-refractivity contribution in [3.8, 4) is 5.75 Å². The molecule has 0 saturated heterocycles. The van der Waals surface area contributed by atoms with Gasteiger partial charge in [-0.15, -0.1) is 0 Å². The number of rotatable bonds is 6. The Bertz CT molecular complexity index is 852. The van der Waals surface area contributed by atoms with E-state index in [1.165, 1.54) is 38.2 Å². The molecule has 1 N–H and O–H groups in total. The number of benzene rings is 2. The molecule has 0 spiro atoms. The molecule has 2 aromatic rings. The fraction of sp³-hybridized carbons (Fsp3) is 0.211. The molecule has 0 radical (unpaired) electrons. The number of halogens is 1. The maximum Gasteiger partial charge on any atom is 0.337 e. The van der Waals surface area contributed by atoms with Gasteiger partial charge in [0.1, 0.15) is 12.3 Å². The van der Waals surface area contributed by atoms with Gasteiger partial charge in [-0.25, -0.2) is 4.79 Å². The van der Waals surface area contributed by atoms with E-state index in [1.807, 2.05) is 0 Å². The Morgan fingerprint density at radius 3 is 2.26 bits per heavy atom. The number of nitrogens with one attached hydrogen (secondary N) is 1. The molecule has 27 heavy (non-hydrogen) atoms. The predicted octanol–water partition coefficient (Wildman–Crippen LogP) is 3.13. The topological polar surface area (TPSA) is 84.9 Å². The van der Waals surface area contributed by atoms with E-state index >= 15 is 0 Å². The minimum absolute atomic E-state index is 0.198. The van der Waals surface area contributed by atoms with E-state index in [0.717, 1.165) is 0 Å². The minimum Gasteiger partial charge on any atom is -0.495 e. The second-order valence-corrected chi connectivity index (χ2v) is 5.95. The highest BCUT2D eigenvalue weighted by Crippen LogP contribution is 2.27. The zero-order valence-corrected chi connectivity index (χ0v) is 15.9. The zero-order valence-electron chi connectivity index (χ0n) is 15.1. The van der Waals surface area contributed by atoms with Gasteiger partial charge >= 0.3 is 5.97 Å². The van der Waals surface area contributed by atoms with Crippen molar-refractivity contribution in [2.45, 2.75) is 6.92 Å². The number of carbonyl (C=O) groups excluding carboxylic acids is 3. The molecular weight excluding hydrogens is 372 g/mol. The summed E-state index contributed by atoms with van der Waals surface area (Å²) in [5.74, 6) is -0.706. The van der Waals surface area contributed by atoms with E-state index in [0.29, 0.717) is 27.7 Å². The Morgan fingerprint density at radius 2 is 1.74 bits per heavy atom. The van der Waals surface area contributed by atoms with Crippen LogP contribution in [0.3, 0.4) is 0 Å². The van der Waals surface area contributed by atoms with Gasteiger partial charge < -0.3 is 19.7 Å². The molecule has 0 atom stereocenters. The molecule has 0 aliphatic carbocycles. The van der Waals surface area contributed by atoms with Gasteiger partial charge in [0, 0.05) is 18.3 Å². The lowest BCUT2D eigenvalue weighted by Crippen LogP contribution is -2.36. The maximum atomic E-state index is 12.3. The molecule has 0 aromatic heterocycles. The summed E-state index contributed by atoms with van der Waals surface area (Å²) in [6.07, 6.45) is 0. The average molecular weight is 391 g/mol. The van der Waals surface area contributed by atoms with Crippen molar-refractivity contribution in [3.05, 3.63) is 53.1 Å². The molecule has 0 heterocycles. The van der Waals surface area contributed by atoms with Gasteiger partial charge in [-0.1, -0.05) is 11.6 Å². The molecule has 0 aliphatic rings. The summed E-state index contributed by atoms with van der Waals surface area (Å²) in [5.41, 5.74) is 1.32. The van der Waals surface area contributed by atoms with E-state index in [1.54, 1.807) is 30.3 Å². The molecule has 0 aliphatic heterocycles. The van der Waals surface area contributed by atoms with E-state index < -0.39 is 11.9 Å². The summed E-state index contributed by atoms with van der Waals surface area (Å²) in [5, 5.41) is 3.04. The first-order valence-electron chi connectivity index (χ1n) is 7.95. The van der Waals surface area contributed by atoms with Crippen molar-refractivity contribution >= 4 is 40.8 Å². The fourth-order valence-corrected chi connectivity index (χ4v) is 2.63. The Kier molecular flexibility index (Phi) is 6.79. The summed E-state index contributed by atoms with van der Waals surface area (Å²) in [7, 11) is 2.78. The highest BCUT2D eigenvalue weighted by atomic mass is 35.5. The number of ether oxygens (including phenoxy) is 2. The fourth-order valence-electron chi connectivity index (χ4n) is 2.37. The SMILES string of the molecule is COC(=O)c1ccc(N(CC(=O)Nc2ccc(OC)c(Cl)c2)C(C)=O)cc1. The molecule has 142 valence electrons. The van der Waals surface area contributed by atoms with Gasteiger partial charge in [0.15, 0.2) is 0 Å². The monoisotopic (exact) mass is 390 g/mol. The molecule has 0 saturated carbocycles. The van der Waals surface area contributed by atoms with Crippen LogP contribution in [0, 0.1) is 0 Å². The summed E-state index contributed by atoms with van der Waals surface area (Å²) in [6.45, 7) is 1.16. The normalized spacial score (nSPS) is 10.1. The van der Waals surface area contributed by atoms with Crippen LogP contribution in [-0.4, -0.2) is 38.5 Å². The lowest BCUT2D eigenvalue weighted by Gasteiger charge is -2.21.